The number of piperidine rings is 1. The molecule has 0 radical (unpaired) electrons. The predicted molar refractivity (Wildman–Crippen MR) is 141 cm³/mol. The number of benzene rings is 3. The molecule has 1 unspecified atom stereocenters. The molecule has 2 N–H and O–H groups in total. The molecule has 4 aromatic rings. The van der Waals surface area contributed by atoms with Crippen LogP contribution in [0.1, 0.15) is 59.3 Å². The molecule has 1 amide bonds. The highest BCUT2D eigenvalue weighted by Gasteiger charge is 2.25. The van der Waals surface area contributed by atoms with Gasteiger partial charge in [0, 0.05) is 47.9 Å². The van der Waals surface area contributed by atoms with Crippen LogP contribution in [0.15, 0.2) is 79.0 Å². The van der Waals surface area contributed by atoms with E-state index in [0.717, 1.165) is 53.5 Å². The van der Waals surface area contributed by atoms with Crippen LogP contribution in [0, 0.1) is 0 Å². The monoisotopic (exact) mass is 465 g/mol. The molecule has 5 heteroatoms. The summed E-state index contributed by atoms with van der Waals surface area (Å²) in [5.74, 6) is 0.261. The second kappa shape index (κ2) is 10.2. The highest BCUT2D eigenvalue weighted by molar-refractivity contribution is 6.12. The second-order valence-electron chi connectivity index (χ2n) is 9.22. The number of aryl methyl sites for hydroxylation is 1. The number of aromatic amines is 1. The van der Waals surface area contributed by atoms with E-state index in [1.807, 2.05) is 77.8 Å². The van der Waals surface area contributed by atoms with Crippen LogP contribution in [0.25, 0.3) is 10.9 Å². The third-order valence-electron chi connectivity index (χ3n) is 6.90. The van der Waals surface area contributed by atoms with Gasteiger partial charge < -0.3 is 15.2 Å². The molecule has 1 aliphatic heterocycles. The quantitative estimate of drug-likeness (QED) is 0.301. The third-order valence-corrected chi connectivity index (χ3v) is 6.90. The van der Waals surface area contributed by atoms with Crippen molar-refractivity contribution in [1.82, 2.24) is 9.88 Å². The van der Waals surface area contributed by atoms with E-state index in [1.54, 1.807) is 0 Å². The number of carbonyl (C=O) groups excluding carboxylic acids is 2. The van der Waals surface area contributed by atoms with Gasteiger partial charge in [-0.25, -0.2) is 0 Å². The number of likely N-dealkylation sites (tertiary alicyclic amines) is 1. The van der Waals surface area contributed by atoms with Gasteiger partial charge in [0.25, 0.3) is 0 Å². The number of amides is 1. The topological polar surface area (TPSA) is 65.2 Å². The van der Waals surface area contributed by atoms with Crippen molar-refractivity contribution >= 4 is 28.3 Å². The van der Waals surface area contributed by atoms with Crippen LogP contribution in [-0.2, 0) is 17.8 Å². The fraction of sp³-hybridized carbons (Fsp3) is 0.267. The molecule has 3 aromatic carbocycles. The Labute approximate surface area is 206 Å². The lowest BCUT2D eigenvalue weighted by atomic mass is 9.96. The van der Waals surface area contributed by atoms with E-state index in [4.69, 9.17) is 0 Å². The molecule has 5 rings (SSSR count). The first-order chi connectivity index (χ1) is 17.1. The zero-order valence-electron chi connectivity index (χ0n) is 20.1. The van der Waals surface area contributed by atoms with Crippen LogP contribution in [0.2, 0.25) is 0 Å². The van der Waals surface area contributed by atoms with Gasteiger partial charge in [-0.2, -0.15) is 0 Å². The summed E-state index contributed by atoms with van der Waals surface area (Å²) in [7, 11) is 0. The molecule has 1 saturated heterocycles. The number of para-hydroxylation sites is 1. The molecular weight excluding hydrogens is 434 g/mol. The SMILES string of the molecule is CCc1cccc2c(C(=O)C(Nc3ccc(CN4CCCCC4=O)cc3)c3ccccc3)c[nH]c12. The predicted octanol–water partition coefficient (Wildman–Crippen LogP) is 6.28. The zero-order chi connectivity index (χ0) is 24.2. The molecule has 1 aliphatic rings. The molecule has 178 valence electrons. The minimum atomic E-state index is -0.519. The number of aromatic nitrogens is 1. The van der Waals surface area contributed by atoms with Crippen LogP contribution in [0.4, 0.5) is 5.69 Å². The number of nitrogens with one attached hydrogen (secondary N) is 2. The maximum absolute atomic E-state index is 13.9. The van der Waals surface area contributed by atoms with Crippen molar-refractivity contribution in [3.8, 4) is 0 Å². The summed E-state index contributed by atoms with van der Waals surface area (Å²) in [5.41, 5.74) is 5.81. The molecule has 0 spiro atoms. The summed E-state index contributed by atoms with van der Waals surface area (Å²) in [6, 6.07) is 23.5. The van der Waals surface area contributed by atoms with Crippen molar-refractivity contribution in [2.75, 3.05) is 11.9 Å². The van der Waals surface area contributed by atoms with Gasteiger partial charge in [0.2, 0.25) is 5.91 Å². The van der Waals surface area contributed by atoms with Gasteiger partial charge in [0.1, 0.15) is 6.04 Å². The molecule has 5 nitrogen and oxygen atoms in total. The second-order valence-corrected chi connectivity index (χ2v) is 9.22. The fourth-order valence-corrected chi connectivity index (χ4v) is 4.94. The van der Waals surface area contributed by atoms with Gasteiger partial charge in [-0.3, -0.25) is 9.59 Å². The minimum Gasteiger partial charge on any atom is -0.371 e. The van der Waals surface area contributed by atoms with Crippen LogP contribution in [0.5, 0.6) is 0 Å². The van der Waals surface area contributed by atoms with Crippen molar-refractivity contribution in [3.63, 3.8) is 0 Å². The Balaban J connectivity index is 1.40. The van der Waals surface area contributed by atoms with Gasteiger partial charge >= 0.3 is 0 Å². The number of rotatable bonds is 8. The van der Waals surface area contributed by atoms with E-state index in [0.29, 0.717) is 18.5 Å². The van der Waals surface area contributed by atoms with E-state index >= 15 is 0 Å². The fourth-order valence-electron chi connectivity index (χ4n) is 4.94. The highest BCUT2D eigenvalue weighted by atomic mass is 16.2. The van der Waals surface area contributed by atoms with Gasteiger partial charge in [-0.05, 0) is 48.1 Å². The number of hydrogen-bond acceptors (Lipinski definition) is 3. The van der Waals surface area contributed by atoms with Crippen LogP contribution in [0.3, 0.4) is 0 Å². The average molecular weight is 466 g/mol. The van der Waals surface area contributed by atoms with E-state index in [1.165, 1.54) is 5.56 Å². The van der Waals surface area contributed by atoms with E-state index in [-0.39, 0.29) is 11.7 Å². The van der Waals surface area contributed by atoms with Crippen molar-refractivity contribution in [2.24, 2.45) is 0 Å². The Morgan fingerprint density at radius 2 is 1.80 bits per heavy atom. The number of anilines is 1. The number of nitrogens with zero attached hydrogens (tertiary/aromatic N) is 1. The summed E-state index contributed by atoms with van der Waals surface area (Å²) in [6.07, 6.45) is 5.45. The van der Waals surface area contributed by atoms with Crippen LogP contribution in [-0.4, -0.2) is 28.1 Å². The Kier molecular flexibility index (Phi) is 6.66. The highest BCUT2D eigenvalue weighted by Crippen LogP contribution is 2.29. The lowest BCUT2D eigenvalue weighted by Crippen LogP contribution is -2.34. The van der Waals surface area contributed by atoms with Gasteiger partial charge in [0.05, 0.1) is 0 Å². The standard InChI is InChI=1S/C30H31N3O2/c1-2-22-11-8-12-25-26(19-31-28(22)25)30(35)29(23-9-4-3-5-10-23)32-24-16-14-21(15-17-24)20-33-18-7-6-13-27(33)34/h3-5,8-12,14-17,19,29,31-32H,2,6-7,13,18,20H2,1H3. The molecule has 0 aliphatic carbocycles. The van der Waals surface area contributed by atoms with Gasteiger partial charge in [0.15, 0.2) is 5.78 Å². The first-order valence-corrected chi connectivity index (χ1v) is 12.5. The van der Waals surface area contributed by atoms with Crippen molar-refractivity contribution in [3.05, 3.63) is 101 Å². The molecule has 35 heavy (non-hydrogen) atoms. The van der Waals surface area contributed by atoms with Gasteiger partial charge in [-0.1, -0.05) is 67.6 Å². The summed E-state index contributed by atoms with van der Waals surface area (Å²) in [5, 5.41) is 4.43. The smallest absolute Gasteiger partial charge is 0.222 e. The Bertz CT molecular complexity index is 1320. The van der Waals surface area contributed by atoms with Crippen LogP contribution < -0.4 is 5.32 Å². The lowest BCUT2D eigenvalue weighted by molar-refractivity contribution is -0.133. The first kappa shape index (κ1) is 22.9. The number of H-pyrrole nitrogens is 1. The average Bonchev–Trinajstić information content (AvgIpc) is 3.34. The summed E-state index contributed by atoms with van der Waals surface area (Å²) < 4.78 is 0. The largest absolute Gasteiger partial charge is 0.371 e. The number of Topliss-reactive ketones (excluding diaryl/α,β-unsaturated/α-hetero) is 1. The zero-order valence-corrected chi connectivity index (χ0v) is 20.1. The third kappa shape index (κ3) is 4.85. The van der Waals surface area contributed by atoms with E-state index in [2.05, 4.69) is 23.3 Å². The van der Waals surface area contributed by atoms with E-state index in [9.17, 15) is 9.59 Å². The maximum atomic E-state index is 13.9. The summed E-state index contributed by atoms with van der Waals surface area (Å²) >= 11 is 0. The molecule has 2 heterocycles. The van der Waals surface area contributed by atoms with E-state index < -0.39 is 6.04 Å². The summed E-state index contributed by atoms with van der Waals surface area (Å²) in [4.78, 5) is 31.3. The Morgan fingerprint density at radius 1 is 1.00 bits per heavy atom. The van der Waals surface area contributed by atoms with Crippen molar-refractivity contribution in [1.29, 1.82) is 0 Å². The molecule has 0 bridgehead atoms. The van der Waals surface area contributed by atoms with Crippen molar-refractivity contribution in [2.45, 2.75) is 45.2 Å². The number of ketones is 1. The summed E-state index contributed by atoms with van der Waals surface area (Å²) in [6.45, 7) is 3.58. The van der Waals surface area contributed by atoms with Crippen LogP contribution >= 0.6 is 0 Å². The lowest BCUT2D eigenvalue weighted by Gasteiger charge is -2.27. The molecule has 1 atom stereocenters. The first-order valence-electron chi connectivity index (χ1n) is 12.5. The Morgan fingerprint density at radius 3 is 2.54 bits per heavy atom. The minimum absolute atomic E-state index is 0.0266. The Hall–Kier alpha value is -3.86. The normalized spacial score (nSPS) is 14.8. The molecular formula is C30H31N3O2. The number of carbonyl (C=O) groups is 2. The molecule has 1 fully saturated rings. The molecule has 0 saturated carbocycles. The molecule has 1 aromatic heterocycles. The number of hydrogen-bond donors (Lipinski definition) is 2. The van der Waals surface area contributed by atoms with Crippen molar-refractivity contribution < 1.29 is 9.59 Å². The maximum Gasteiger partial charge on any atom is 0.222 e. The van der Waals surface area contributed by atoms with Gasteiger partial charge in [-0.15, -0.1) is 0 Å². The number of fused-ring (bicyclic) bond motifs is 1.